The highest BCUT2D eigenvalue weighted by atomic mass is 32.1. The Bertz CT molecular complexity index is 662. The maximum absolute atomic E-state index is 11.8. The number of thiazole rings is 1. The number of carbonyl (C=O) groups is 1. The van der Waals surface area contributed by atoms with Gasteiger partial charge < -0.3 is 5.11 Å². The molecule has 0 unspecified atom stereocenters. The van der Waals surface area contributed by atoms with E-state index in [-0.39, 0.29) is 0 Å². The Labute approximate surface area is 128 Å². The summed E-state index contributed by atoms with van der Waals surface area (Å²) in [5, 5.41) is 16.9. The van der Waals surface area contributed by atoms with Gasteiger partial charge in [0.1, 0.15) is 6.04 Å². The number of rotatable bonds is 5. The number of aromatic nitrogens is 3. The Morgan fingerprint density at radius 3 is 2.57 bits per heavy atom. The van der Waals surface area contributed by atoms with Crippen LogP contribution in [0.1, 0.15) is 33.7 Å². The zero-order valence-electron chi connectivity index (χ0n) is 12.9. The number of carboxylic acid groups (broad SMARTS) is 1. The number of hydrogen-bond acceptors (Lipinski definition) is 5. The van der Waals surface area contributed by atoms with E-state index in [1.54, 1.807) is 28.0 Å². The first-order chi connectivity index (χ1) is 9.81. The van der Waals surface area contributed by atoms with Crippen molar-refractivity contribution in [3.63, 3.8) is 0 Å². The molecule has 0 saturated carbocycles. The summed E-state index contributed by atoms with van der Waals surface area (Å²) in [4.78, 5) is 18.0. The van der Waals surface area contributed by atoms with Gasteiger partial charge in [0.05, 0.1) is 16.4 Å². The lowest BCUT2D eigenvalue weighted by atomic mass is 10.0. The molecule has 0 radical (unpaired) electrons. The predicted octanol–water partition coefficient (Wildman–Crippen LogP) is 2.06. The zero-order chi connectivity index (χ0) is 15.7. The first-order valence-corrected chi connectivity index (χ1v) is 7.53. The van der Waals surface area contributed by atoms with Crippen molar-refractivity contribution in [1.29, 1.82) is 0 Å². The normalized spacial score (nSPS) is 12.9. The van der Waals surface area contributed by atoms with E-state index < -0.39 is 12.0 Å². The molecule has 1 N–H and O–H groups in total. The fourth-order valence-corrected chi connectivity index (χ4v) is 3.15. The van der Waals surface area contributed by atoms with Crippen molar-refractivity contribution in [2.45, 2.75) is 33.4 Å². The quantitative estimate of drug-likeness (QED) is 0.915. The minimum Gasteiger partial charge on any atom is -0.480 e. The summed E-state index contributed by atoms with van der Waals surface area (Å²) in [6.45, 7) is 6.18. The molecule has 0 fully saturated rings. The Kier molecular flexibility index (Phi) is 4.43. The second-order valence-corrected chi connectivity index (χ2v) is 6.28. The van der Waals surface area contributed by atoms with Gasteiger partial charge in [0, 0.05) is 30.2 Å². The number of hydrogen-bond donors (Lipinski definition) is 1. The largest absolute Gasteiger partial charge is 0.480 e. The van der Waals surface area contributed by atoms with Crippen LogP contribution in [0.3, 0.4) is 0 Å². The maximum Gasteiger partial charge on any atom is 0.325 e. The van der Waals surface area contributed by atoms with Crippen molar-refractivity contribution < 1.29 is 9.90 Å². The number of carboxylic acids is 1. The molecule has 6 nitrogen and oxygen atoms in total. The topological polar surface area (TPSA) is 71.2 Å². The van der Waals surface area contributed by atoms with Gasteiger partial charge in [-0.25, -0.2) is 4.98 Å². The van der Waals surface area contributed by atoms with Gasteiger partial charge in [-0.2, -0.15) is 5.10 Å². The van der Waals surface area contributed by atoms with E-state index in [0.29, 0.717) is 6.54 Å². The maximum atomic E-state index is 11.8. The van der Waals surface area contributed by atoms with Crippen molar-refractivity contribution in [3.8, 4) is 0 Å². The summed E-state index contributed by atoms with van der Waals surface area (Å²) in [5.74, 6) is -0.872. The van der Waals surface area contributed by atoms with Crippen LogP contribution < -0.4 is 0 Å². The monoisotopic (exact) mass is 308 g/mol. The molecule has 1 atom stereocenters. The summed E-state index contributed by atoms with van der Waals surface area (Å²) in [6.07, 6.45) is 0. The van der Waals surface area contributed by atoms with E-state index in [2.05, 4.69) is 10.1 Å². The van der Waals surface area contributed by atoms with Crippen LogP contribution in [0, 0.1) is 20.8 Å². The van der Waals surface area contributed by atoms with Gasteiger partial charge in [0.15, 0.2) is 0 Å². The van der Waals surface area contributed by atoms with Crippen molar-refractivity contribution in [2.75, 3.05) is 7.05 Å². The number of likely N-dealkylation sites (N-methyl/N-ethyl adjacent to an activating group) is 1. The number of aliphatic carboxylic acids is 1. The third-order valence-electron chi connectivity index (χ3n) is 3.59. The molecule has 0 aliphatic heterocycles. The standard InChI is InChI=1S/C14H20N4O2S/c1-8-12(9(2)18(5)16-8)13(14(19)20)17(4)6-11-7-21-10(3)15-11/h7,13H,6H2,1-5H3,(H,19,20)/t13-/m0/s1. The van der Waals surface area contributed by atoms with E-state index in [1.165, 1.54) is 0 Å². The smallest absolute Gasteiger partial charge is 0.325 e. The lowest BCUT2D eigenvalue weighted by Crippen LogP contribution is -2.31. The molecule has 0 aliphatic rings. The van der Waals surface area contributed by atoms with Gasteiger partial charge in [0.25, 0.3) is 0 Å². The molecule has 2 aromatic rings. The molecule has 2 heterocycles. The lowest BCUT2D eigenvalue weighted by Gasteiger charge is -2.24. The van der Waals surface area contributed by atoms with E-state index in [9.17, 15) is 9.90 Å². The van der Waals surface area contributed by atoms with Crippen molar-refractivity contribution >= 4 is 17.3 Å². The predicted molar refractivity (Wildman–Crippen MR) is 81.4 cm³/mol. The SMILES string of the molecule is Cc1nc(CN(C)[C@H](C(=O)O)c2c(C)nn(C)c2C)cs1. The van der Waals surface area contributed by atoms with E-state index in [4.69, 9.17) is 0 Å². The van der Waals surface area contributed by atoms with Crippen molar-refractivity contribution in [1.82, 2.24) is 19.7 Å². The highest BCUT2D eigenvalue weighted by Crippen LogP contribution is 2.27. The molecule has 2 aromatic heterocycles. The zero-order valence-corrected chi connectivity index (χ0v) is 13.7. The van der Waals surface area contributed by atoms with Crippen molar-refractivity contribution in [2.24, 2.45) is 7.05 Å². The number of nitrogens with zero attached hydrogens (tertiary/aromatic N) is 4. The van der Waals surface area contributed by atoms with Crippen LogP contribution in [0.5, 0.6) is 0 Å². The summed E-state index contributed by atoms with van der Waals surface area (Å²) in [7, 11) is 3.63. The molecular formula is C14H20N4O2S. The summed E-state index contributed by atoms with van der Waals surface area (Å²) in [5.41, 5.74) is 3.29. The third-order valence-corrected chi connectivity index (χ3v) is 4.41. The summed E-state index contributed by atoms with van der Waals surface area (Å²) < 4.78 is 1.72. The van der Waals surface area contributed by atoms with Crippen LogP contribution >= 0.6 is 11.3 Å². The Morgan fingerprint density at radius 1 is 1.48 bits per heavy atom. The molecule has 0 aromatic carbocycles. The summed E-state index contributed by atoms with van der Waals surface area (Å²) in [6, 6.07) is -0.722. The Morgan fingerprint density at radius 2 is 2.14 bits per heavy atom. The van der Waals surface area contributed by atoms with Crippen LogP contribution in [0.4, 0.5) is 0 Å². The average molecular weight is 308 g/mol. The number of aryl methyl sites for hydroxylation is 3. The first-order valence-electron chi connectivity index (χ1n) is 6.65. The summed E-state index contributed by atoms with van der Waals surface area (Å²) >= 11 is 1.57. The van der Waals surface area contributed by atoms with Gasteiger partial charge in [-0.1, -0.05) is 0 Å². The fourth-order valence-electron chi connectivity index (χ4n) is 2.55. The molecule has 0 saturated heterocycles. The molecule has 21 heavy (non-hydrogen) atoms. The minimum absolute atomic E-state index is 0.495. The molecule has 2 rings (SSSR count). The van der Waals surface area contributed by atoms with E-state index in [1.807, 2.05) is 33.2 Å². The van der Waals surface area contributed by atoms with Crippen LogP contribution in [-0.4, -0.2) is 37.8 Å². The highest BCUT2D eigenvalue weighted by Gasteiger charge is 2.30. The van der Waals surface area contributed by atoms with Crippen LogP contribution in [0.15, 0.2) is 5.38 Å². The van der Waals surface area contributed by atoms with Gasteiger partial charge in [-0.05, 0) is 27.8 Å². The van der Waals surface area contributed by atoms with E-state index in [0.717, 1.165) is 27.7 Å². The van der Waals surface area contributed by atoms with Gasteiger partial charge in [-0.3, -0.25) is 14.4 Å². The molecule has 114 valence electrons. The molecule has 0 spiro atoms. The Hall–Kier alpha value is -1.73. The minimum atomic E-state index is -0.872. The second-order valence-electron chi connectivity index (χ2n) is 5.22. The first kappa shape index (κ1) is 15.7. The molecule has 0 aliphatic carbocycles. The lowest BCUT2D eigenvalue weighted by molar-refractivity contribution is -0.143. The average Bonchev–Trinajstić information content (AvgIpc) is 2.88. The van der Waals surface area contributed by atoms with Crippen LogP contribution in [0.2, 0.25) is 0 Å². The van der Waals surface area contributed by atoms with Crippen LogP contribution in [-0.2, 0) is 18.4 Å². The third kappa shape index (κ3) is 3.14. The second kappa shape index (κ2) is 5.95. The van der Waals surface area contributed by atoms with Crippen molar-refractivity contribution in [3.05, 3.63) is 33.0 Å². The van der Waals surface area contributed by atoms with Gasteiger partial charge in [-0.15, -0.1) is 11.3 Å². The molecular weight excluding hydrogens is 288 g/mol. The van der Waals surface area contributed by atoms with Gasteiger partial charge in [0.2, 0.25) is 0 Å². The van der Waals surface area contributed by atoms with Crippen LogP contribution in [0.25, 0.3) is 0 Å². The fraction of sp³-hybridized carbons (Fsp3) is 0.500. The molecule has 0 amide bonds. The van der Waals surface area contributed by atoms with E-state index >= 15 is 0 Å². The molecule has 7 heteroatoms. The van der Waals surface area contributed by atoms with Gasteiger partial charge >= 0.3 is 5.97 Å². The highest BCUT2D eigenvalue weighted by molar-refractivity contribution is 7.09. The molecule has 0 bridgehead atoms. The Balaban J connectivity index is 2.32.